The van der Waals surface area contributed by atoms with Gasteiger partial charge >= 0.3 is 0 Å². The van der Waals surface area contributed by atoms with E-state index in [1.165, 1.54) is 24.9 Å². The van der Waals surface area contributed by atoms with E-state index in [0.717, 1.165) is 45.7 Å². The smallest absolute Gasteiger partial charge is 0.261 e. The maximum absolute atomic E-state index is 13.2. The summed E-state index contributed by atoms with van der Waals surface area (Å²) in [6.45, 7) is 5.03. The van der Waals surface area contributed by atoms with Crippen LogP contribution < -0.4 is 26.5 Å². The number of nitrogens with two attached hydrogens (primary N) is 2. The highest BCUT2D eigenvalue weighted by Gasteiger charge is 2.40. The van der Waals surface area contributed by atoms with Crippen molar-refractivity contribution in [3.8, 4) is 23.0 Å². The summed E-state index contributed by atoms with van der Waals surface area (Å²) in [5.74, 6) is 0.0417. The monoisotopic (exact) mass is 495 g/mol. The third kappa shape index (κ3) is 4.22. The van der Waals surface area contributed by atoms with Gasteiger partial charge in [-0.05, 0) is 38.1 Å². The summed E-state index contributed by atoms with van der Waals surface area (Å²) in [4.78, 5) is 40.2. The number of anilines is 1. The van der Waals surface area contributed by atoms with Gasteiger partial charge in [-0.1, -0.05) is 0 Å². The van der Waals surface area contributed by atoms with Crippen molar-refractivity contribution in [3.63, 3.8) is 0 Å². The summed E-state index contributed by atoms with van der Waals surface area (Å²) in [7, 11) is 3.02. The van der Waals surface area contributed by atoms with E-state index in [4.69, 9.17) is 25.7 Å². The number of carbonyl (C=O) groups excluding carboxylic acids is 1. The molecule has 3 aromatic rings. The average Bonchev–Trinajstić information content (AvgIpc) is 2.85. The van der Waals surface area contributed by atoms with Crippen molar-refractivity contribution in [2.75, 3.05) is 52.3 Å². The molecule has 0 unspecified atom stereocenters. The number of hydrogen-bond donors (Lipinski definition) is 2. The first-order chi connectivity index (χ1) is 17.3. The molecule has 1 aromatic carbocycles. The first-order valence-corrected chi connectivity index (χ1v) is 11.8. The number of primary amides is 1. The molecule has 5 rings (SSSR count). The van der Waals surface area contributed by atoms with Gasteiger partial charge in [-0.25, -0.2) is 15.0 Å². The Bertz CT molecular complexity index is 1380. The Morgan fingerprint density at radius 1 is 1.22 bits per heavy atom. The number of rotatable bonds is 7. The van der Waals surface area contributed by atoms with Gasteiger partial charge in [0.1, 0.15) is 17.8 Å². The van der Waals surface area contributed by atoms with Crippen molar-refractivity contribution < 1.29 is 19.0 Å². The first-order valence-electron chi connectivity index (χ1n) is 11.8. The molecule has 0 saturated carbocycles. The minimum absolute atomic E-state index is 0.00537. The van der Waals surface area contributed by atoms with Crippen molar-refractivity contribution in [3.05, 3.63) is 34.2 Å². The topological polar surface area (TPSA) is 161 Å². The molecule has 0 aliphatic carbocycles. The van der Waals surface area contributed by atoms with Crippen molar-refractivity contribution in [2.45, 2.75) is 12.8 Å². The van der Waals surface area contributed by atoms with Crippen LogP contribution in [0.1, 0.15) is 23.2 Å². The van der Waals surface area contributed by atoms with Gasteiger partial charge in [0.2, 0.25) is 5.95 Å². The molecular formula is C24H29N7O5. The second-order valence-corrected chi connectivity index (χ2v) is 9.33. The number of amides is 1. The van der Waals surface area contributed by atoms with Crippen LogP contribution in [0, 0.1) is 5.41 Å². The van der Waals surface area contributed by atoms with Crippen LogP contribution >= 0.6 is 0 Å². The largest absolute Gasteiger partial charge is 0.491 e. The third-order valence-electron chi connectivity index (χ3n) is 7.05. The number of fused-ring (bicyclic) bond motifs is 1. The Morgan fingerprint density at radius 2 is 1.97 bits per heavy atom. The zero-order valence-corrected chi connectivity index (χ0v) is 20.3. The van der Waals surface area contributed by atoms with E-state index in [2.05, 4.69) is 19.9 Å². The van der Waals surface area contributed by atoms with Crippen LogP contribution in [0.4, 0.5) is 5.95 Å². The van der Waals surface area contributed by atoms with Crippen LogP contribution in [0.25, 0.3) is 22.4 Å². The van der Waals surface area contributed by atoms with Crippen molar-refractivity contribution in [2.24, 2.45) is 18.2 Å². The molecule has 12 heteroatoms. The summed E-state index contributed by atoms with van der Waals surface area (Å²) in [5.41, 5.74) is 11.6. The number of likely N-dealkylation sites (tertiary alicyclic amines) is 1. The number of ether oxygens (including phenoxy) is 3. The molecule has 0 radical (unpaired) electrons. The third-order valence-corrected chi connectivity index (χ3v) is 7.05. The molecule has 190 valence electrons. The van der Waals surface area contributed by atoms with Gasteiger partial charge in [0.25, 0.3) is 11.5 Å². The fraction of sp³-hybridized carbons (Fsp3) is 0.458. The van der Waals surface area contributed by atoms with Gasteiger partial charge in [-0.2, -0.15) is 0 Å². The number of piperidine rings is 1. The maximum Gasteiger partial charge on any atom is 0.261 e. The number of aromatic nitrogens is 4. The van der Waals surface area contributed by atoms with Crippen LogP contribution in [0.2, 0.25) is 0 Å². The molecule has 0 atom stereocenters. The zero-order chi connectivity index (χ0) is 25.4. The summed E-state index contributed by atoms with van der Waals surface area (Å²) in [6.07, 6.45) is 3.50. The highest BCUT2D eigenvalue weighted by atomic mass is 16.5. The van der Waals surface area contributed by atoms with Crippen molar-refractivity contribution in [1.29, 1.82) is 0 Å². The Kier molecular flexibility index (Phi) is 6.22. The van der Waals surface area contributed by atoms with Gasteiger partial charge < -0.3 is 25.7 Å². The van der Waals surface area contributed by atoms with Gasteiger partial charge in [-0.15, -0.1) is 0 Å². The molecule has 36 heavy (non-hydrogen) atoms. The number of nitrogen functional groups attached to an aromatic ring is 1. The Labute approximate surface area is 207 Å². The van der Waals surface area contributed by atoms with E-state index in [0.29, 0.717) is 28.9 Å². The lowest BCUT2D eigenvalue weighted by Crippen LogP contribution is -2.51. The second kappa shape index (κ2) is 9.36. The average molecular weight is 496 g/mol. The fourth-order valence-electron chi connectivity index (χ4n) is 4.78. The Balaban J connectivity index is 1.44. The van der Waals surface area contributed by atoms with Gasteiger partial charge in [0, 0.05) is 25.2 Å². The van der Waals surface area contributed by atoms with E-state index in [9.17, 15) is 9.59 Å². The number of benzene rings is 1. The van der Waals surface area contributed by atoms with Crippen LogP contribution in [0.5, 0.6) is 11.5 Å². The van der Waals surface area contributed by atoms with E-state index in [1.807, 2.05) is 0 Å². The van der Waals surface area contributed by atoms with Gasteiger partial charge in [0.05, 0.1) is 31.3 Å². The molecule has 0 bridgehead atoms. The van der Waals surface area contributed by atoms with E-state index >= 15 is 0 Å². The molecule has 2 aliphatic rings. The second-order valence-electron chi connectivity index (χ2n) is 9.33. The summed E-state index contributed by atoms with van der Waals surface area (Å²) in [6, 6.07) is 3.36. The zero-order valence-electron chi connectivity index (χ0n) is 20.3. The first kappa shape index (κ1) is 23.9. The van der Waals surface area contributed by atoms with Gasteiger partial charge in [-0.3, -0.25) is 19.1 Å². The Hall–Kier alpha value is -3.77. The molecule has 1 spiro atoms. The minimum Gasteiger partial charge on any atom is -0.491 e. The molecule has 2 aliphatic heterocycles. The number of nitrogens with zero attached hydrogens (tertiary/aromatic N) is 5. The van der Waals surface area contributed by atoms with Crippen LogP contribution in [0.15, 0.2) is 23.1 Å². The van der Waals surface area contributed by atoms with Crippen molar-refractivity contribution in [1.82, 2.24) is 24.4 Å². The predicted molar refractivity (Wildman–Crippen MR) is 132 cm³/mol. The lowest BCUT2D eigenvalue weighted by Gasteiger charge is -2.47. The van der Waals surface area contributed by atoms with Crippen LogP contribution in [-0.2, 0) is 11.8 Å². The highest BCUT2D eigenvalue weighted by Crippen LogP contribution is 2.38. The molecule has 2 aromatic heterocycles. The normalized spacial score (nSPS) is 17.2. The quantitative estimate of drug-likeness (QED) is 0.474. The van der Waals surface area contributed by atoms with Gasteiger partial charge in [0.15, 0.2) is 17.3 Å². The van der Waals surface area contributed by atoms with Crippen molar-refractivity contribution >= 4 is 22.8 Å². The van der Waals surface area contributed by atoms with Crippen LogP contribution in [-0.4, -0.2) is 76.9 Å². The van der Waals surface area contributed by atoms with Crippen LogP contribution in [0.3, 0.4) is 0 Å². The molecule has 1 amide bonds. The lowest BCUT2D eigenvalue weighted by molar-refractivity contribution is -0.139. The predicted octanol–water partition coefficient (Wildman–Crippen LogP) is 0.571. The standard InChI is InChI=1S/C24H29N7O5/c1-30-21(18-15(20(25)32)11-27-23(26)29-18)28-17-14(22(30)33)3-4-16(19(17)34-2)36-10-9-31-7-5-24(6-8-31)12-35-13-24/h3-4,11H,5-10,12-13H2,1-2H3,(H2,25,32)(H2,26,27,29). The summed E-state index contributed by atoms with van der Waals surface area (Å²) in [5, 5.41) is 0.331. The number of methoxy groups -OCH3 is 1. The number of carbonyl (C=O) groups is 1. The molecule has 4 heterocycles. The SMILES string of the molecule is COc1c(OCCN2CCC3(CC2)COC3)ccc2c(=O)n(C)c(-c3nc(N)ncc3C(N)=O)nc12. The molecule has 2 saturated heterocycles. The molecule has 4 N–H and O–H groups in total. The summed E-state index contributed by atoms with van der Waals surface area (Å²) < 4.78 is 18.4. The summed E-state index contributed by atoms with van der Waals surface area (Å²) >= 11 is 0. The molecular weight excluding hydrogens is 466 g/mol. The fourth-order valence-corrected chi connectivity index (χ4v) is 4.78. The van der Waals surface area contributed by atoms with E-state index in [1.54, 1.807) is 12.1 Å². The Morgan fingerprint density at radius 3 is 2.61 bits per heavy atom. The highest BCUT2D eigenvalue weighted by molar-refractivity contribution is 5.98. The van der Waals surface area contributed by atoms with E-state index in [-0.39, 0.29) is 34.1 Å². The maximum atomic E-state index is 13.2. The molecule has 2 fully saturated rings. The minimum atomic E-state index is -0.767. The van der Waals surface area contributed by atoms with E-state index < -0.39 is 5.91 Å². The number of hydrogen-bond acceptors (Lipinski definition) is 10. The lowest BCUT2D eigenvalue weighted by atomic mass is 9.77. The molecule has 12 nitrogen and oxygen atoms in total.